The molecule has 6 heteroatoms. The van der Waals surface area contributed by atoms with E-state index in [0.29, 0.717) is 12.8 Å². The van der Waals surface area contributed by atoms with Crippen molar-refractivity contribution in [1.29, 1.82) is 0 Å². The molecule has 1 unspecified atom stereocenters. The maximum absolute atomic E-state index is 11.2. The predicted octanol–water partition coefficient (Wildman–Crippen LogP) is 1.48. The molecule has 15 heavy (non-hydrogen) atoms. The van der Waals surface area contributed by atoms with Crippen molar-refractivity contribution in [3.8, 4) is 0 Å². The van der Waals surface area contributed by atoms with Crippen LogP contribution in [0.2, 0.25) is 0 Å². The van der Waals surface area contributed by atoms with E-state index in [4.69, 9.17) is 0 Å². The molecule has 1 atom stereocenters. The number of carbonyl (C=O) groups excluding carboxylic acids is 1. The molecule has 1 aromatic heterocycles. The molecule has 1 saturated carbocycles. The summed E-state index contributed by atoms with van der Waals surface area (Å²) in [6.45, 7) is 0. The van der Waals surface area contributed by atoms with Crippen molar-refractivity contribution >= 4 is 11.6 Å². The van der Waals surface area contributed by atoms with Crippen LogP contribution in [0.4, 0.5) is 5.82 Å². The lowest BCUT2D eigenvalue weighted by Gasteiger charge is -2.20. The van der Waals surface area contributed by atoms with Gasteiger partial charge in [0.05, 0.1) is 0 Å². The fourth-order valence-corrected chi connectivity index (χ4v) is 1.88. The van der Waals surface area contributed by atoms with Crippen LogP contribution in [0.25, 0.3) is 0 Å². The van der Waals surface area contributed by atoms with Gasteiger partial charge >= 0.3 is 5.82 Å². The number of ketones is 1. The van der Waals surface area contributed by atoms with Crippen LogP contribution in [0.15, 0.2) is 12.5 Å². The van der Waals surface area contributed by atoms with Gasteiger partial charge in [0.15, 0.2) is 0 Å². The molecule has 0 N–H and O–H groups in total. The molecule has 1 fully saturated rings. The van der Waals surface area contributed by atoms with Crippen LogP contribution in [0, 0.1) is 10.1 Å². The smallest absolute Gasteiger partial charge is 0.358 e. The van der Waals surface area contributed by atoms with Crippen molar-refractivity contribution in [3.63, 3.8) is 0 Å². The van der Waals surface area contributed by atoms with Crippen LogP contribution in [-0.2, 0) is 4.79 Å². The molecule has 0 saturated heterocycles. The van der Waals surface area contributed by atoms with E-state index in [9.17, 15) is 14.9 Å². The summed E-state index contributed by atoms with van der Waals surface area (Å²) in [5.74, 6) is 0.0654. The minimum Gasteiger partial charge on any atom is -0.358 e. The minimum atomic E-state index is -0.527. The van der Waals surface area contributed by atoms with Crippen molar-refractivity contribution in [1.82, 2.24) is 9.55 Å². The van der Waals surface area contributed by atoms with E-state index in [1.807, 2.05) is 0 Å². The number of carbonyl (C=O) groups is 1. The molecule has 2 rings (SSSR count). The Morgan fingerprint density at radius 2 is 2.40 bits per heavy atom. The van der Waals surface area contributed by atoms with E-state index in [0.717, 1.165) is 12.8 Å². The Morgan fingerprint density at radius 3 is 3.00 bits per heavy atom. The third-order valence-corrected chi connectivity index (χ3v) is 2.65. The molecule has 0 aliphatic heterocycles. The summed E-state index contributed by atoms with van der Waals surface area (Å²) in [4.78, 5) is 24.8. The maximum atomic E-state index is 11.2. The van der Waals surface area contributed by atoms with Gasteiger partial charge in [0.25, 0.3) is 0 Å². The SMILES string of the molecule is O=C1CCCC(n2cnc([N+](=O)[O-])c2)C1. The lowest BCUT2D eigenvalue weighted by Crippen LogP contribution is -2.17. The fraction of sp³-hybridized carbons (Fsp3) is 0.556. The van der Waals surface area contributed by atoms with Crippen molar-refractivity contribution in [2.45, 2.75) is 31.7 Å². The molecule has 6 nitrogen and oxygen atoms in total. The Hall–Kier alpha value is -1.72. The van der Waals surface area contributed by atoms with Gasteiger partial charge in [-0.15, -0.1) is 0 Å². The Labute approximate surface area is 86.1 Å². The molecule has 1 heterocycles. The lowest BCUT2D eigenvalue weighted by molar-refractivity contribution is -0.389. The number of Topliss-reactive ketones (excluding diaryl/α,β-unsaturated/α-hetero) is 1. The number of rotatable bonds is 2. The quantitative estimate of drug-likeness (QED) is 0.545. The molecule has 1 aromatic rings. The first-order chi connectivity index (χ1) is 7.16. The van der Waals surface area contributed by atoms with Crippen molar-refractivity contribution < 1.29 is 9.72 Å². The average Bonchev–Trinajstić information content (AvgIpc) is 2.66. The standard InChI is InChI=1S/C9H11N3O3/c13-8-3-1-2-7(4-8)11-5-9(10-6-11)12(14)15/h5-7H,1-4H2. The minimum absolute atomic E-state index is 0.0486. The molecular weight excluding hydrogens is 198 g/mol. The second-order valence-electron chi connectivity index (χ2n) is 3.73. The van der Waals surface area contributed by atoms with Crippen molar-refractivity contribution in [2.75, 3.05) is 0 Å². The third-order valence-electron chi connectivity index (χ3n) is 2.65. The van der Waals surface area contributed by atoms with Crippen LogP contribution in [0.5, 0.6) is 0 Å². The van der Waals surface area contributed by atoms with Crippen LogP contribution in [0.1, 0.15) is 31.7 Å². The first kappa shape index (κ1) is 9.82. The first-order valence-electron chi connectivity index (χ1n) is 4.86. The van der Waals surface area contributed by atoms with Gasteiger partial charge in [0.2, 0.25) is 6.33 Å². The van der Waals surface area contributed by atoms with Gasteiger partial charge in [-0.2, -0.15) is 0 Å². The summed E-state index contributed by atoms with van der Waals surface area (Å²) in [5.41, 5.74) is 0. The van der Waals surface area contributed by atoms with Gasteiger partial charge < -0.3 is 14.7 Å². The normalized spacial score (nSPS) is 21.6. The second kappa shape index (κ2) is 3.80. The topological polar surface area (TPSA) is 78.0 Å². The van der Waals surface area contributed by atoms with Gasteiger partial charge in [-0.3, -0.25) is 4.79 Å². The van der Waals surface area contributed by atoms with Gasteiger partial charge in [-0.05, 0) is 22.7 Å². The van der Waals surface area contributed by atoms with Gasteiger partial charge in [-0.1, -0.05) is 0 Å². The summed E-state index contributed by atoms with van der Waals surface area (Å²) in [5, 5.41) is 10.4. The molecule has 1 aliphatic rings. The summed E-state index contributed by atoms with van der Waals surface area (Å²) in [6.07, 6.45) is 5.67. The predicted molar refractivity (Wildman–Crippen MR) is 51.4 cm³/mol. The summed E-state index contributed by atoms with van der Waals surface area (Å²) >= 11 is 0. The fourth-order valence-electron chi connectivity index (χ4n) is 1.88. The van der Waals surface area contributed by atoms with Crippen molar-refractivity contribution in [2.24, 2.45) is 0 Å². The zero-order chi connectivity index (χ0) is 10.8. The highest BCUT2D eigenvalue weighted by Crippen LogP contribution is 2.26. The van der Waals surface area contributed by atoms with E-state index in [1.165, 1.54) is 12.5 Å². The number of imidazole rings is 1. The number of hydrogen-bond donors (Lipinski definition) is 0. The average molecular weight is 209 g/mol. The summed E-state index contributed by atoms with van der Waals surface area (Å²) < 4.78 is 1.68. The Balaban J connectivity index is 2.14. The number of aromatic nitrogens is 2. The number of nitrogens with zero attached hydrogens (tertiary/aromatic N) is 3. The molecule has 1 aliphatic carbocycles. The Bertz CT molecular complexity index is 399. The molecule has 0 amide bonds. The molecule has 0 radical (unpaired) electrons. The second-order valence-corrected chi connectivity index (χ2v) is 3.73. The molecule has 0 spiro atoms. The van der Waals surface area contributed by atoms with Gasteiger partial charge in [0.1, 0.15) is 12.0 Å². The molecule has 0 bridgehead atoms. The van der Waals surface area contributed by atoms with Gasteiger partial charge in [0, 0.05) is 18.9 Å². The maximum Gasteiger partial charge on any atom is 0.381 e. The monoisotopic (exact) mass is 209 g/mol. The highest BCUT2D eigenvalue weighted by molar-refractivity contribution is 5.79. The van der Waals surface area contributed by atoms with E-state index < -0.39 is 4.92 Å². The highest BCUT2D eigenvalue weighted by Gasteiger charge is 2.23. The molecule has 80 valence electrons. The Morgan fingerprint density at radius 1 is 1.60 bits per heavy atom. The summed E-state index contributed by atoms with van der Waals surface area (Å²) in [7, 11) is 0. The van der Waals surface area contributed by atoms with E-state index in [-0.39, 0.29) is 17.6 Å². The largest absolute Gasteiger partial charge is 0.381 e. The van der Waals surface area contributed by atoms with E-state index in [1.54, 1.807) is 4.57 Å². The van der Waals surface area contributed by atoms with Crippen LogP contribution >= 0.6 is 0 Å². The first-order valence-corrected chi connectivity index (χ1v) is 4.86. The third kappa shape index (κ3) is 2.03. The zero-order valence-corrected chi connectivity index (χ0v) is 8.13. The summed E-state index contributed by atoms with van der Waals surface area (Å²) in [6, 6.07) is 0.0486. The molecule has 0 aromatic carbocycles. The van der Waals surface area contributed by atoms with E-state index >= 15 is 0 Å². The Kier molecular flexibility index (Phi) is 2.49. The lowest BCUT2D eigenvalue weighted by atomic mass is 9.94. The van der Waals surface area contributed by atoms with E-state index in [2.05, 4.69) is 4.98 Å². The van der Waals surface area contributed by atoms with Crippen LogP contribution in [0.3, 0.4) is 0 Å². The van der Waals surface area contributed by atoms with Crippen molar-refractivity contribution in [3.05, 3.63) is 22.6 Å². The number of hydrogen-bond acceptors (Lipinski definition) is 4. The highest BCUT2D eigenvalue weighted by atomic mass is 16.6. The van der Waals surface area contributed by atoms with Crippen LogP contribution in [-0.4, -0.2) is 20.3 Å². The van der Waals surface area contributed by atoms with Gasteiger partial charge in [-0.25, -0.2) is 0 Å². The number of nitro groups is 1. The van der Waals surface area contributed by atoms with Crippen LogP contribution < -0.4 is 0 Å². The molecular formula is C9H11N3O3. The zero-order valence-electron chi connectivity index (χ0n) is 8.13.